The molecule has 0 amide bonds. The molecule has 3 unspecified atom stereocenters. The van der Waals surface area contributed by atoms with Crippen LogP contribution in [0.3, 0.4) is 0 Å². The second-order valence-electron chi connectivity index (χ2n) is 6.15. The standard InChI is InChI=1S/C15H27N3/c1-10(2)13-6-7-14(16-5)15(9-13)18-12(4)8-11(3)17-18/h8,10,13-16H,6-7,9H2,1-5H3. The number of aromatic nitrogens is 2. The quantitative estimate of drug-likeness (QED) is 0.892. The lowest BCUT2D eigenvalue weighted by molar-refractivity contribution is 0.165. The Morgan fingerprint density at radius 3 is 2.56 bits per heavy atom. The Labute approximate surface area is 111 Å². The van der Waals surface area contributed by atoms with Gasteiger partial charge in [-0.1, -0.05) is 13.8 Å². The molecular weight excluding hydrogens is 222 g/mol. The SMILES string of the molecule is CNC1CCC(C(C)C)CC1n1nc(C)cc1C. The van der Waals surface area contributed by atoms with Crippen molar-refractivity contribution in [2.45, 2.75) is 59.0 Å². The number of likely N-dealkylation sites (N-methyl/N-ethyl adjacent to an activating group) is 1. The molecule has 1 N–H and O–H groups in total. The average molecular weight is 249 g/mol. The van der Waals surface area contributed by atoms with E-state index < -0.39 is 0 Å². The van der Waals surface area contributed by atoms with Gasteiger partial charge in [0.15, 0.2) is 0 Å². The zero-order valence-electron chi connectivity index (χ0n) is 12.4. The summed E-state index contributed by atoms with van der Waals surface area (Å²) in [5.41, 5.74) is 2.43. The van der Waals surface area contributed by atoms with E-state index in [1.165, 1.54) is 25.0 Å². The van der Waals surface area contributed by atoms with Crippen molar-refractivity contribution >= 4 is 0 Å². The van der Waals surface area contributed by atoms with Gasteiger partial charge in [-0.2, -0.15) is 5.10 Å². The monoisotopic (exact) mass is 249 g/mol. The van der Waals surface area contributed by atoms with Crippen LogP contribution in [-0.2, 0) is 0 Å². The largest absolute Gasteiger partial charge is 0.315 e. The minimum atomic E-state index is 0.518. The van der Waals surface area contributed by atoms with Crippen LogP contribution in [0.25, 0.3) is 0 Å². The summed E-state index contributed by atoms with van der Waals surface area (Å²) < 4.78 is 2.26. The maximum atomic E-state index is 4.70. The Bertz CT molecular complexity index is 394. The van der Waals surface area contributed by atoms with E-state index in [1.807, 2.05) is 0 Å². The maximum Gasteiger partial charge on any atom is 0.0677 e. The lowest BCUT2D eigenvalue weighted by atomic mass is 9.77. The van der Waals surface area contributed by atoms with E-state index in [9.17, 15) is 0 Å². The molecule has 0 bridgehead atoms. The summed E-state index contributed by atoms with van der Waals surface area (Å²) in [6.45, 7) is 8.96. The molecule has 102 valence electrons. The third kappa shape index (κ3) is 2.61. The van der Waals surface area contributed by atoms with Gasteiger partial charge in [-0.15, -0.1) is 0 Å². The number of rotatable bonds is 3. The van der Waals surface area contributed by atoms with Crippen molar-refractivity contribution in [3.8, 4) is 0 Å². The van der Waals surface area contributed by atoms with Gasteiger partial charge in [0.1, 0.15) is 0 Å². The predicted octanol–water partition coefficient (Wildman–Crippen LogP) is 3.09. The van der Waals surface area contributed by atoms with Crippen molar-refractivity contribution in [2.24, 2.45) is 11.8 Å². The number of hydrogen-bond acceptors (Lipinski definition) is 2. The Morgan fingerprint density at radius 2 is 2.06 bits per heavy atom. The molecule has 3 heteroatoms. The molecule has 1 heterocycles. The van der Waals surface area contributed by atoms with Crippen LogP contribution >= 0.6 is 0 Å². The van der Waals surface area contributed by atoms with Gasteiger partial charge in [-0.25, -0.2) is 0 Å². The topological polar surface area (TPSA) is 29.9 Å². The van der Waals surface area contributed by atoms with Gasteiger partial charge in [-0.3, -0.25) is 4.68 Å². The molecule has 2 rings (SSSR count). The Kier molecular flexibility index (Phi) is 4.10. The fourth-order valence-corrected chi connectivity index (χ4v) is 3.37. The minimum Gasteiger partial charge on any atom is -0.315 e. The highest BCUT2D eigenvalue weighted by Crippen LogP contribution is 2.36. The van der Waals surface area contributed by atoms with Crippen molar-refractivity contribution in [3.05, 3.63) is 17.5 Å². The third-order valence-electron chi connectivity index (χ3n) is 4.53. The van der Waals surface area contributed by atoms with E-state index in [0.29, 0.717) is 12.1 Å². The van der Waals surface area contributed by atoms with Gasteiger partial charge in [0, 0.05) is 11.7 Å². The van der Waals surface area contributed by atoms with Crippen molar-refractivity contribution in [1.29, 1.82) is 0 Å². The third-order valence-corrected chi connectivity index (χ3v) is 4.53. The lowest BCUT2D eigenvalue weighted by Crippen LogP contribution is -2.41. The molecule has 3 atom stereocenters. The summed E-state index contributed by atoms with van der Waals surface area (Å²) in [7, 11) is 2.08. The van der Waals surface area contributed by atoms with Crippen LogP contribution in [0.1, 0.15) is 50.5 Å². The molecule has 1 aliphatic carbocycles. The summed E-state index contributed by atoms with van der Waals surface area (Å²) in [6, 6.07) is 3.27. The molecule has 0 spiro atoms. The molecule has 1 aromatic heterocycles. The summed E-state index contributed by atoms with van der Waals surface area (Å²) >= 11 is 0. The fraction of sp³-hybridized carbons (Fsp3) is 0.800. The van der Waals surface area contributed by atoms with Gasteiger partial charge >= 0.3 is 0 Å². The zero-order valence-corrected chi connectivity index (χ0v) is 12.4. The highest BCUT2D eigenvalue weighted by atomic mass is 15.3. The molecule has 0 saturated heterocycles. The van der Waals surface area contributed by atoms with Crippen LogP contribution in [0.4, 0.5) is 0 Å². The van der Waals surface area contributed by atoms with Gasteiger partial charge in [0.25, 0.3) is 0 Å². The van der Waals surface area contributed by atoms with Crippen molar-refractivity contribution in [2.75, 3.05) is 7.05 Å². The Morgan fingerprint density at radius 1 is 1.33 bits per heavy atom. The molecule has 1 saturated carbocycles. The second kappa shape index (κ2) is 5.43. The van der Waals surface area contributed by atoms with E-state index >= 15 is 0 Å². The summed E-state index contributed by atoms with van der Waals surface area (Å²) in [4.78, 5) is 0. The molecule has 3 nitrogen and oxygen atoms in total. The molecular formula is C15H27N3. The van der Waals surface area contributed by atoms with Gasteiger partial charge in [0.05, 0.1) is 11.7 Å². The highest BCUT2D eigenvalue weighted by molar-refractivity contribution is 5.09. The Balaban J connectivity index is 2.23. The highest BCUT2D eigenvalue weighted by Gasteiger charge is 2.33. The van der Waals surface area contributed by atoms with Crippen LogP contribution in [-0.4, -0.2) is 22.9 Å². The normalized spacial score (nSPS) is 28.9. The van der Waals surface area contributed by atoms with Crippen molar-refractivity contribution in [3.63, 3.8) is 0 Å². The number of nitrogens with one attached hydrogen (secondary N) is 1. The summed E-state index contributed by atoms with van der Waals surface area (Å²) in [5, 5.41) is 8.19. The second-order valence-corrected chi connectivity index (χ2v) is 6.15. The first-order valence-electron chi connectivity index (χ1n) is 7.23. The van der Waals surface area contributed by atoms with Gasteiger partial charge in [-0.05, 0) is 58.1 Å². The first kappa shape index (κ1) is 13.6. The van der Waals surface area contributed by atoms with Crippen LogP contribution in [0, 0.1) is 25.7 Å². The summed E-state index contributed by atoms with van der Waals surface area (Å²) in [6.07, 6.45) is 3.87. The van der Waals surface area contributed by atoms with Crippen LogP contribution in [0.15, 0.2) is 6.07 Å². The maximum absolute atomic E-state index is 4.70. The summed E-state index contributed by atoms with van der Waals surface area (Å²) in [5.74, 6) is 1.62. The molecule has 0 aromatic carbocycles. The molecule has 0 aliphatic heterocycles. The van der Waals surface area contributed by atoms with E-state index in [0.717, 1.165) is 17.5 Å². The van der Waals surface area contributed by atoms with Gasteiger partial charge in [0.2, 0.25) is 0 Å². The van der Waals surface area contributed by atoms with E-state index in [-0.39, 0.29) is 0 Å². The Hall–Kier alpha value is -0.830. The van der Waals surface area contributed by atoms with Crippen molar-refractivity contribution < 1.29 is 0 Å². The molecule has 1 aromatic rings. The zero-order chi connectivity index (χ0) is 13.3. The average Bonchev–Trinajstić information content (AvgIpc) is 2.67. The number of hydrogen-bond donors (Lipinski definition) is 1. The molecule has 18 heavy (non-hydrogen) atoms. The van der Waals surface area contributed by atoms with Crippen LogP contribution in [0.5, 0.6) is 0 Å². The van der Waals surface area contributed by atoms with Crippen LogP contribution < -0.4 is 5.32 Å². The number of aryl methyl sites for hydroxylation is 2. The molecule has 1 aliphatic rings. The predicted molar refractivity (Wildman–Crippen MR) is 75.8 cm³/mol. The molecule has 0 radical (unpaired) electrons. The fourth-order valence-electron chi connectivity index (χ4n) is 3.37. The number of nitrogens with zero attached hydrogens (tertiary/aromatic N) is 2. The van der Waals surface area contributed by atoms with Crippen molar-refractivity contribution in [1.82, 2.24) is 15.1 Å². The smallest absolute Gasteiger partial charge is 0.0677 e. The van der Waals surface area contributed by atoms with Crippen LogP contribution in [0.2, 0.25) is 0 Å². The minimum absolute atomic E-state index is 0.518. The first-order chi connectivity index (χ1) is 8.52. The lowest BCUT2D eigenvalue weighted by Gasteiger charge is -2.38. The van der Waals surface area contributed by atoms with E-state index in [4.69, 9.17) is 5.10 Å². The van der Waals surface area contributed by atoms with E-state index in [1.54, 1.807) is 0 Å². The first-order valence-corrected chi connectivity index (χ1v) is 7.23. The molecule has 1 fully saturated rings. The van der Waals surface area contributed by atoms with Gasteiger partial charge < -0.3 is 5.32 Å². The van der Waals surface area contributed by atoms with E-state index in [2.05, 4.69) is 50.8 Å².